The first kappa shape index (κ1) is 13.3. The summed E-state index contributed by atoms with van der Waals surface area (Å²) in [6, 6.07) is 0.126. The molecule has 0 atom stereocenters. The average Bonchev–Trinajstić information content (AvgIpc) is 2.97. The van der Waals surface area contributed by atoms with Crippen LogP contribution in [-0.2, 0) is 10.0 Å². The molecule has 1 aliphatic carbocycles. The van der Waals surface area contributed by atoms with E-state index < -0.39 is 14.8 Å². The fourth-order valence-electron chi connectivity index (χ4n) is 2.81. The van der Waals surface area contributed by atoms with Crippen LogP contribution >= 0.6 is 0 Å². The second-order valence-electron chi connectivity index (χ2n) is 6.39. The van der Waals surface area contributed by atoms with E-state index in [1.807, 2.05) is 20.8 Å². The summed E-state index contributed by atoms with van der Waals surface area (Å²) in [7, 11) is -3.18. The highest BCUT2D eigenvalue weighted by atomic mass is 32.2. The minimum Gasteiger partial charge on any atom is -0.317 e. The highest BCUT2D eigenvalue weighted by Crippen LogP contribution is 2.55. The van der Waals surface area contributed by atoms with Crippen LogP contribution in [0.1, 0.15) is 46.5 Å². The first-order chi connectivity index (χ1) is 7.79. The Labute approximate surface area is 105 Å². The van der Waals surface area contributed by atoms with Crippen molar-refractivity contribution >= 4 is 10.0 Å². The molecule has 0 bridgehead atoms. The number of hydrogen-bond donors (Lipinski definition) is 2. The van der Waals surface area contributed by atoms with Crippen LogP contribution in [-0.4, -0.2) is 32.3 Å². The molecular formula is C12H24N2O2S. The van der Waals surface area contributed by atoms with Crippen molar-refractivity contribution in [2.24, 2.45) is 5.41 Å². The van der Waals surface area contributed by atoms with E-state index in [0.717, 1.165) is 38.8 Å². The Kier molecular flexibility index (Phi) is 3.30. The molecule has 100 valence electrons. The summed E-state index contributed by atoms with van der Waals surface area (Å²) >= 11 is 0. The van der Waals surface area contributed by atoms with Crippen LogP contribution in [0.4, 0.5) is 0 Å². The normalized spacial score (nSPS) is 25.8. The zero-order chi connectivity index (χ0) is 12.7. The number of hydrogen-bond acceptors (Lipinski definition) is 3. The Hall–Kier alpha value is -0.130. The van der Waals surface area contributed by atoms with Crippen LogP contribution in [0.5, 0.6) is 0 Å². The van der Waals surface area contributed by atoms with Gasteiger partial charge < -0.3 is 5.32 Å². The Morgan fingerprint density at radius 3 is 2.12 bits per heavy atom. The molecule has 0 radical (unpaired) electrons. The topological polar surface area (TPSA) is 58.2 Å². The largest absolute Gasteiger partial charge is 0.317 e. The molecule has 1 saturated heterocycles. The fourth-order valence-corrected chi connectivity index (χ4v) is 5.15. The second kappa shape index (κ2) is 4.21. The van der Waals surface area contributed by atoms with E-state index in [1.54, 1.807) is 0 Å². The molecule has 2 fully saturated rings. The van der Waals surface area contributed by atoms with E-state index >= 15 is 0 Å². The Balaban J connectivity index is 2.09. The van der Waals surface area contributed by atoms with Crippen LogP contribution < -0.4 is 10.0 Å². The van der Waals surface area contributed by atoms with Gasteiger partial charge in [-0.2, -0.15) is 0 Å². The Morgan fingerprint density at radius 2 is 1.71 bits per heavy atom. The third-order valence-electron chi connectivity index (χ3n) is 4.25. The van der Waals surface area contributed by atoms with Gasteiger partial charge in [-0.3, -0.25) is 0 Å². The van der Waals surface area contributed by atoms with Gasteiger partial charge in [-0.25, -0.2) is 13.1 Å². The molecule has 0 amide bonds. The minimum absolute atomic E-state index is 0.126. The second-order valence-corrected chi connectivity index (χ2v) is 8.41. The van der Waals surface area contributed by atoms with Gasteiger partial charge in [-0.1, -0.05) is 20.8 Å². The maximum absolute atomic E-state index is 12.5. The molecule has 2 aliphatic rings. The third kappa shape index (κ3) is 2.37. The van der Waals surface area contributed by atoms with Crippen molar-refractivity contribution in [3.63, 3.8) is 0 Å². The van der Waals surface area contributed by atoms with Crippen molar-refractivity contribution in [1.82, 2.24) is 10.0 Å². The van der Waals surface area contributed by atoms with Crippen LogP contribution in [0.3, 0.4) is 0 Å². The molecule has 17 heavy (non-hydrogen) atoms. The van der Waals surface area contributed by atoms with E-state index in [1.165, 1.54) is 0 Å². The van der Waals surface area contributed by atoms with Crippen molar-refractivity contribution in [2.75, 3.05) is 13.1 Å². The van der Waals surface area contributed by atoms with Crippen molar-refractivity contribution in [3.8, 4) is 0 Å². The molecule has 0 aromatic carbocycles. The predicted molar refractivity (Wildman–Crippen MR) is 69.4 cm³/mol. The maximum atomic E-state index is 12.5. The molecule has 4 nitrogen and oxygen atoms in total. The SMILES string of the molecule is CC(C)(C)C1(S(=O)(=O)NC2CCNCC2)CC1. The monoisotopic (exact) mass is 260 g/mol. The summed E-state index contributed by atoms with van der Waals surface area (Å²) in [4.78, 5) is 0. The maximum Gasteiger partial charge on any atom is 0.218 e. The van der Waals surface area contributed by atoms with Gasteiger partial charge in [0.15, 0.2) is 0 Å². The number of rotatable bonds is 3. The first-order valence-electron chi connectivity index (χ1n) is 6.51. The molecule has 0 aromatic heterocycles. The Bertz CT molecular complexity index is 374. The minimum atomic E-state index is -3.18. The lowest BCUT2D eigenvalue weighted by molar-refractivity contribution is 0.352. The summed E-state index contributed by atoms with van der Waals surface area (Å²) < 4.78 is 27.4. The molecule has 0 spiro atoms. The van der Waals surface area contributed by atoms with E-state index in [-0.39, 0.29) is 11.5 Å². The quantitative estimate of drug-likeness (QED) is 0.802. The van der Waals surface area contributed by atoms with E-state index in [0.29, 0.717) is 0 Å². The van der Waals surface area contributed by atoms with Gasteiger partial charge >= 0.3 is 0 Å². The van der Waals surface area contributed by atoms with E-state index in [2.05, 4.69) is 10.0 Å². The van der Waals surface area contributed by atoms with E-state index in [4.69, 9.17) is 0 Å². The zero-order valence-corrected chi connectivity index (χ0v) is 11.9. The number of sulfonamides is 1. The molecule has 1 heterocycles. The van der Waals surface area contributed by atoms with Crippen LogP contribution in [0.25, 0.3) is 0 Å². The summed E-state index contributed by atoms with van der Waals surface area (Å²) in [6.45, 7) is 7.91. The van der Waals surface area contributed by atoms with Gasteiger partial charge in [0.1, 0.15) is 0 Å². The lowest BCUT2D eigenvalue weighted by atomic mass is 9.90. The molecule has 5 heteroatoms. The van der Waals surface area contributed by atoms with E-state index in [9.17, 15) is 8.42 Å². The third-order valence-corrected chi connectivity index (χ3v) is 6.94. The summed E-state index contributed by atoms with van der Waals surface area (Å²) in [5.41, 5.74) is -0.175. The van der Waals surface area contributed by atoms with Gasteiger partial charge in [0, 0.05) is 6.04 Å². The lowest BCUT2D eigenvalue weighted by Crippen LogP contribution is -2.50. The predicted octanol–water partition coefficient (Wildman–Crippen LogP) is 1.24. The van der Waals surface area contributed by atoms with Crippen molar-refractivity contribution in [3.05, 3.63) is 0 Å². The summed E-state index contributed by atoms with van der Waals surface area (Å²) in [6.07, 6.45) is 3.41. The van der Waals surface area contributed by atoms with Gasteiger partial charge in [0.05, 0.1) is 4.75 Å². The van der Waals surface area contributed by atoms with Crippen LogP contribution in [0.15, 0.2) is 0 Å². The van der Waals surface area contributed by atoms with Crippen molar-refractivity contribution in [2.45, 2.75) is 57.2 Å². The molecule has 1 aliphatic heterocycles. The molecule has 2 N–H and O–H groups in total. The molecule has 2 rings (SSSR count). The first-order valence-corrected chi connectivity index (χ1v) is 7.99. The summed E-state index contributed by atoms with van der Waals surface area (Å²) in [5, 5.41) is 3.25. The lowest BCUT2D eigenvalue weighted by Gasteiger charge is -2.33. The highest BCUT2D eigenvalue weighted by molar-refractivity contribution is 7.91. The smallest absolute Gasteiger partial charge is 0.218 e. The van der Waals surface area contributed by atoms with Gasteiger partial charge in [0.2, 0.25) is 10.0 Å². The fraction of sp³-hybridized carbons (Fsp3) is 1.00. The van der Waals surface area contributed by atoms with Gasteiger partial charge in [0.25, 0.3) is 0 Å². The van der Waals surface area contributed by atoms with Gasteiger partial charge in [-0.05, 0) is 44.2 Å². The average molecular weight is 260 g/mol. The molecule has 1 saturated carbocycles. The number of piperidine rings is 1. The van der Waals surface area contributed by atoms with Crippen LogP contribution in [0.2, 0.25) is 0 Å². The van der Waals surface area contributed by atoms with Gasteiger partial charge in [-0.15, -0.1) is 0 Å². The van der Waals surface area contributed by atoms with Crippen molar-refractivity contribution < 1.29 is 8.42 Å². The van der Waals surface area contributed by atoms with Crippen molar-refractivity contribution in [1.29, 1.82) is 0 Å². The standard InChI is InChI=1S/C12H24N2O2S/c1-11(2,3)12(6-7-12)17(15,16)14-10-4-8-13-9-5-10/h10,13-14H,4-9H2,1-3H3. The zero-order valence-electron chi connectivity index (χ0n) is 11.0. The summed E-state index contributed by atoms with van der Waals surface area (Å²) in [5.74, 6) is 0. The van der Waals surface area contributed by atoms with Crippen LogP contribution in [0, 0.1) is 5.41 Å². The molecule has 0 unspecified atom stereocenters. The molecule has 0 aromatic rings. The Morgan fingerprint density at radius 1 is 1.18 bits per heavy atom. The molecular weight excluding hydrogens is 236 g/mol. The highest BCUT2D eigenvalue weighted by Gasteiger charge is 2.61. The number of nitrogens with one attached hydrogen (secondary N) is 2.